The first-order valence-corrected chi connectivity index (χ1v) is 13.4. The molecule has 0 unspecified atom stereocenters. The molecule has 9 nitrogen and oxygen atoms in total. The van der Waals surface area contributed by atoms with E-state index in [-0.39, 0.29) is 77.2 Å². The number of anilines is 2. The van der Waals surface area contributed by atoms with Gasteiger partial charge >= 0.3 is 0 Å². The molecule has 0 radical (unpaired) electrons. The van der Waals surface area contributed by atoms with Gasteiger partial charge in [-0.2, -0.15) is 0 Å². The lowest BCUT2D eigenvalue weighted by Gasteiger charge is -2.26. The van der Waals surface area contributed by atoms with Gasteiger partial charge in [0.15, 0.2) is 15.7 Å². The molecule has 1 saturated heterocycles. The van der Waals surface area contributed by atoms with Crippen LogP contribution in [0.5, 0.6) is 0 Å². The third-order valence-corrected chi connectivity index (χ3v) is 8.01. The summed E-state index contributed by atoms with van der Waals surface area (Å²) in [7, 11) is -3.06. The number of aromatic nitrogens is 2. The monoisotopic (exact) mass is 529 g/mol. The summed E-state index contributed by atoms with van der Waals surface area (Å²) in [5.74, 6) is -0.821. The first-order valence-electron chi connectivity index (χ1n) is 11.2. The molecule has 5 rings (SSSR count). The van der Waals surface area contributed by atoms with E-state index in [0.29, 0.717) is 11.4 Å². The van der Waals surface area contributed by atoms with Crippen molar-refractivity contribution >= 4 is 44.8 Å². The zero-order valence-electron chi connectivity index (χ0n) is 18.9. The number of rotatable bonds is 5. The largest absolute Gasteiger partial charge is 0.346 e. The van der Waals surface area contributed by atoms with Gasteiger partial charge in [0.25, 0.3) is 5.91 Å². The van der Waals surface area contributed by atoms with E-state index < -0.39 is 15.7 Å². The molecule has 1 fully saturated rings. The Hall–Kier alpha value is -3.57. The topological polar surface area (TPSA) is 121 Å². The second kappa shape index (κ2) is 9.47. The number of carbonyl (C=O) groups excluding carboxylic acids is 2. The van der Waals surface area contributed by atoms with Crippen LogP contribution in [-0.2, 0) is 27.6 Å². The second-order valence-corrected chi connectivity index (χ2v) is 11.2. The number of hydrogen-bond acceptors (Lipinski definition) is 7. The molecule has 186 valence electrons. The van der Waals surface area contributed by atoms with Crippen molar-refractivity contribution in [2.24, 2.45) is 0 Å². The van der Waals surface area contributed by atoms with Crippen molar-refractivity contribution in [1.82, 2.24) is 20.2 Å². The first-order chi connectivity index (χ1) is 17.2. The Labute approximate surface area is 211 Å². The van der Waals surface area contributed by atoms with E-state index in [1.165, 1.54) is 18.2 Å². The van der Waals surface area contributed by atoms with Gasteiger partial charge in [-0.3, -0.25) is 9.59 Å². The van der Waals surface area contributed by atoms with E-state index in [2.05, 4.69) is 20.6 Å². The number of sulfone groups is 1. The number of hydrogen-bond donors (Lipinski definition) is 2. The van der Waals surface area contributed by atoms with E-state index in [1.54, 1.807) is 29.2 Å². The lowest BCUT2D eigenvalue weighted by atomic mass is 10.1. The molecule has 2 aliphatic heterocycles. The highest BCUT2D eigenvalue weighted by molar-refractivity contribution is 7.91. The van der Waals surface area contributed by atoms with E-state index in [0.717, 1.165) is 5.56 Å². The summed E-state index contributed by atoms with van der Waals surface area (Å²) in [5.41, 5.74) is 2.09. The molecule has 2 amide bonds. The molecule has 36 heavy (non-hydrogen) atoms. The third kappa shape index (κ3) is 4.89. The first kappa shape index (κ1) is 24.1. The number of nitrogens with zero attached hydrogens (tertiary/aromatic N) is 3. The van der Waals surface area contributed by atoms with E-state index in [4.69, 9.17) is 11.6 Å². The summed E-state index contributed by atoms with van der Waals surface area (Å²) in [6.07, 6.45) is 0.140. The molecule has 0 aliphatic carbocycles. The minimum atomic E-state index is -3.06. The van der Waals surface area contributed by atoms with Crippen LogP contribution in [0.4, 0.5) is 15.9 Å². The van der Waals surface area contributed by atoms with Gasteiger partial charge in [-0.25, -0.2) is 22.8 Å². The van der Waals surface area contributed by atoms with Crippen molar-refractivity contribution in [2.75, 3.05) is 29.9 Å². The van der Waals surface area contributed by atoms with Crippen LogP contribution in [0.3, 0.4) is 0 Å². The van der Waals surface area contributed by atoms with Gasteiger partial charge in [0, 0.05) is 18.8 Å². The number of amides is 2. The SMILES string of the molecule is O=C1NCc2nc(-c3c(F)cccc3Cl)nc(Nc3ccc(CC(=O)N4CCS(=O)(=O)CC4)cc3)c21. The fraction of sp³-hybridized carbons (Fsp3) is 0.250. The Balaban J connectivity index is 1.36. The molecule has 1 aromatic heterocycles. The molecule has 2 aromatic carbocycles. The molecule has 3 heterocycles. The van der Waals surface area contributed by atoms with Crippen molar-refractivity contribution in [2.45, 2.75) is 13.0 Å². The van der Waals surface area contributed by atoms with Crippen molar-refractivity contribution in [3.05, 3.63) is 70.1 Å². The molecule has 0 spiro atoms. The quantitative estimate of drug-likeness (QED) is 0.521. The summed E-state index contributed by atoms with van der Waals surface area (Å²) >= 11 is 6.20. The van der Waals surface area contributed by atoms with Gasteiger partial charge in [0.1, 0.15) is 17.2 Å². The van der Waals surface area contributed by atoms with Crippen molar-refractivity contribution in [3.63, 3.8) is 0 Å². The highest BCUT2D eigenvalue weighted by Crippen LogP contribution is 2.32. The summed E-state index contributed by atoms with van der Waals surface area (Å²) in [6, 6.07) is 11.3. The highest BCUT2D eigenvalue weighted by Gasteiger charge is 2.28. The zero-order valence-corrected chi connectivity index (χ0v) is 20.5. The van der Waals surface area contributed by atoms with Crippen LogP contribution in [0.25, 0.3) is 11.4 Å². The summed E-state index contributed by atoms with van der Waals surface area (Å²) in [6.45, 7) is 0.593. The van der Waals surface area contributed by atoms with E-state index in [9.17, 15) is 22.4 Å². The van der Waals surface area contributed by atoms with Crippen LogP contribution in [0.1, 0.15) is 21.6 Å². The highest BCUT2D eigenvalue weighted by atomic mass is 35.5. The fourth-order valence-corrected chi connectivity index (χ4v) is 5.58. The predicted molar refractivity (Wildman–Crippen MR) is 132 cm³/mol. The Bertz CT molecular complexity index is 1450. The van der Waals surface area contributed by atoms with Crippen molar-refractivity contribution < 1.29 is 22.4 Å². The van der Waals surface area contributed by atoms with E-state index in [1.807, 2.05) is 0 Å². The lowest BCUT2D eigenvalue weighted by Crippen LogP contribution is -2.44. The number of benzene rings is 2. The standard InChI is InChI=1S/C24H21ClFN5O4S/c25-16-2-1-3-17(26)20(16)22-29-18-13-27-24(33)21(18)23(30-22)28-15-6-4-14(5-7-15)12-19(32)31-8-10-36(34,35)11-9-31/h1-7H,8-13H2,(H,27,33)(H,28,29,30). The van der Waals surface area contributed by atoms with E-state index >= 15 is 0 Å². The molecular formula is C24H21ClFN5O4S. The average Bonchev–Trinajstić information content (AvgIpc) is 3.21. The van der Waals surface area contributed by atoms with Crippen LogP contribution in [0.15, 0.2) is 42.5 Å². The summed E-state index contributed by atoms with van der Waals surface area (Å²) < 4.78 is 37.7. The summed E-state index contributed by atoms with van der Waals surface area (Å²) in [5, 5.41) is 5.95. The molecule has 0 atom stereocenters. The van der Waals surface area contributed by atoms with Crippen molar-refractivity contribution in [3.8, 4) is 11.4 Å². The minimum absolute atomic E-state index is 0.0154. The molecule has 12 heteroatoms. The molecule has 3 aromatic rings. The molecule has 0 bridgehead atoms. The second-order valence-electron chi connectivity index (χ2n) is 8.53. The number of carbonyl (C=O) groups is 2. The van der Waals surface area contributed by atoms with Crippen LogP contribution in [-0.4, -0.2) is 59.7 Å². The molecule has 2 aliphatic rings. The molecular weight excluding hydrogens is 509 g/mol. The summed E-state index contributed by atoms with van der Waals surface area (Å²) in [4.78, 5) is 35.3. The maximum atomic E-state index is 14.5. The van der Waals surface area contributed by atoms with Gasteiger partial charge in [0.05, 0.1) is 40.8 Å². The normalized spacial score (nSPS) is 16.4. The van der Waals surface area contributed by atoms with Gasteiger partial charge in [0.2, 0.25) is 5.91 Å². The minimum Gasteiger partial charge on any atom is -0.346 e. The lowest BCUT2D eigenvalue weighted by molar-refractivity contribution is -0.130. The average molecular weight is 530 g/mol. The van der Waals surface area contributed by atoms with Crippen LogP contribution in [0.2, 0.25) is 5.02 Å². The smallest absolute Gasteiger partial charge is 0.257 e. The Morgan fingerprint density at radius 1 is 1.08 bits per heavy atom. The predicted octanol–water partition coefficient (Wildman–Crippen LogP) is 2.72. The van der Waals surface area contributed by atoms with Gasteiger partial charge in [-0.15, -0.1) is 0 Å². The van der Waals surface area contributed by atoms with Crippen LogP contribution in [0, 0.1) is 5.82 Å². The Morgan fingerprint density at radius 3 is 2.50 bits per heavy atom. The van der Waals surface area contributed by atoms with Gasteiger partial charge < -0.3 is 15.5 Å². The fourth-order valence-electron chi connectivity index (χ4n) is 4.13. The van der Waals surface area contributed by atoms with Crippen LogP contribution >= 0.6 is 11.6 Å². The van der Waals surface area contributed by atoms with Gasteiger partial charge in [-0.05, 0) is 29.8 Å². The molecule has 0 saturated carbocycles. The van der Waals surface area contributed by atoms with Crippen molar-refractivity contribution in [1.29, 1.82) is 0 Å². The zero-order chi connectivity index (χ0) is 25.4. The maximum Gasteiger partial charge on any atom is 0.257 e. The molecule has 2 N–H and O–H groups in total. The Morgan fingerprint density at radius 2 is 1.81 bits per heavy atom. The van der Waals surface area contributed by atoms with Gasteiger partial charge in [-0.1, -0.05) is 29.8 Å². The number of nitrogens with one attached hydrogen (secondary N) is 2. The maximum absolute atomic E-state index is 14.5. The van der Waals surface area contributed by atoms with Crippen LogP contribution < -0.4 is 10.6 Å². The number of halogens is 2. The number of fused-ring (bicyclic) bond motifs is 1. The Kier molecular flexibility index (Phi) is 6.35. The third-order valence-electron chi connectivity index (χ3n) is 6.08.